The van der Waals surface area contributed by atoms with E-state index in [-0.39, 0.29) is 120 Å². The normalized spacial score (nSPS) is 15.0. The Balaban J connectivity index is -0.000000807. The molecule has 0 aromatic rings. The number of amides is 2. The van der Waals surface area contributed by atoms with Crippen molar-refractivity contribution in [2.75, 3.05) is 19.0 Å². The zero-order valence-corrected chi connectivity index (χ0v) is 23.2. The number of hydrogen-bond donors (Lipinski definition) is 3. The molecule has 0 aromatic carbocycles. The number of halogens is 1. The first-order valence-electron chi connectivity index (χ1n) is 6.13. The summed E-state index contributed by atoms with van der Waals surface area (Å²) in [7, 11) is -11.9. The molecular formula is C8H15ClN3Na3O9P2. The maximum Gasteiger partial charge on any atom is 1.00 e. The van der Waals surface area contributed by atoms with Crippen LogP contribution in [-0.4, -0.2) is 45.1 Å². The molecule has 0 rings (SSSR count). The molecule has 0 radical (unpaired) electrons. The van der Waals surface area contributed by atoms with Gasteiger partial charge in [-0.1, -0.05) is 0 Å². The Morgan fingerprint density at radius 2 is 1.69 bits per heavy atom. The Kier molecular flexibility index (Phi) is 22.3. The molecule has 0 fully saturated rings. The molecule has 18 heteroatoms. The molecular weight excluding hydrogens is 448 g/mol. The number of rotatable bonds is 10. The first kappa shape index (κ1) is 35.8. The number of aliphatic hydroxyl groups is 1. The van der Waals surface area contributed by atoms with Crippen LogP contribution in [0.5, 0.6) is 0 Å². The summed E-state index contributed by atoms with van der Waals surface area (Å²) >= 11 is 5.32. The fraction of sp³-hybridized carbons (Fsp3) is 0.875. The Morgan fingerprint density at radius 3 is 2.04 bits per heavy atom. The summed E-state index contributed by atoms with van der Waals surface area (Å²) in [6.45, 7) is -0.282. The van der Waals surface area contributed by atoms with Crippen molar-refractivity contribution in [1.29, 1.82) is 0 Å². The fourth-order valence-corrected chi connectivity index (χ4v) is 3.74. The van der Waals surface area contributed by atoms with Crippen molar-refractivity contribution < 1.29 is 127 Å². The Morgan fingerprint density at radius 1 is 1.19 bits per heavy atom. The van der Waals surface area contributed by atoms with Crippen molar-refractivity contribution in [3.63, 3.8) is 0 Å². The van der Waals surface area contributed by atoms with Crippen LogP contribution in [0.4, 0.5) is 4.79 Å². The van der Waals surface area contributed by atoms with E-state index in [4.69, 9.17) is 16.5 Å². The maximum absolute atomic E-state index is 11.4. The SMILES string of the molecule is O=NN(CCCl)C(=O)NCCCCC(O)(P(=O)([O-])[O-])P(=O)([O-])O.[Na+].[Na+].[Na+]. The molecule has 0 aromatic heterocycles. The summed E-state index contributed by atoms with van der Waals surface area (Å²) in [5.74, 6) is -0.0379. The molecule has 26 heavy (non-hydrogen) atoms. The summed E-state index contributed by atoms with van der Waals surface area (Å²) in [4.78, 5) is 63.0. The standard InChI is InChI=1S/C8H18ClN3O9P2.3Na/c9-4-6-12(11-15)7(13)10-5-2-1-3-8(14,22(16,17)18)23(19,20)21;;;/h14H,1-6H2,(H,10,13)(H2,16,17,18)(H2,19,20,21);;;/q;3*+1/p-3. The van der Waals surface area contributed by atoms with Gasteiger partial charge in [0, 0.05) is 12.4 Å². The zero-order valence-electron chi connectivity index (χ0n) is 14.7. The number of unbranched alkanes of at least 4 members (excludes halogenated alkanes) is 1. The molecule has 0 aliphatic carbocycles. The van der Waals surface area contributed by atoms with Gasteiger partial charge in [0.15, 0.2) is 12.7 Å². The molecule has 0 bridgehead atoms. The first-order chi connectivity index (χ1) is 10.4. The Hall–Kier alpha value is 2.42. The van der Waals surface area contributed by atoms with Crippen LogP contribution in [0.1, 0.15) is 19.3 Å². The number of hydrogen-bond acceptors (Lipinski definition) is 9. The molecule has 0 heterocycles. The van der Waals surface area contributed by atoms with E-state index in [1.165, 1.54) is 0 Å². The predicted molar refractivity (Wildman–Crippen MR) is 72.9 cm³/mol. The van der Waals surface area contributed by atoms with E-state index in [0.717, 1.165) is 0 Å². The van der Waals surface area contributed by atoms with Gasteiger partial charge < -0.3 is 39.1 Å². The Bertz CT molecular complexity index is 498. The van der Waals surface area contributed by atoms with Gasteiger partial charge in [0.25, 0.3) is 0 Å². The van der Waals surface area contributed by atoms with Crippen LogP contribution in [0.2, 0.25) is 0 Å². The third-order valence-electron chi connectivity index (χ3n) is 2.74. The van der Waals surface area contributed by atoms with Gasteiger partial charge >= 0.3 is 94.7 Å². The molecule has 0 aliphatic heterocycles. The molecule has 0 spiro atoms. The van der Waals surface area contributed by atoms with Gasteiger partial charge in [-0.3, -0.25) is 0 Å². The molecule has 2 unspecified atom stereocenters. The summed E-state index contributed by atoms with van der Waals surface area (Å²) < 4.78 is 21.7. The molecule has 12 nitrogen and oxygen atoms in total. The summed E-state index contributed by atoms with van der Waals surface area (Å²) in [5, 5.41) is 10.7. The molecule has 0 aliphatic rings. The van der Waals surface area contributed by atoms with Gasteiger partial charge in [0.05, 0.1) is 11.8 Å². The minimum atomic E-state index is -6.04. The molecule has 3 N–H and O–H groups in total. The van der Waals surface area contributed by atoms with E-state index in [1.54, 1.807) is 0 Å². The quantitative estimate of drug-likeness (QED) is 0.0701. The summed E-state index contributed by atoms with van der Waals surface area (Å²) in [5.41, 5.74) is 0. The molecule has 136 valence electrons. The van der Waals surface area contributed by atoms with Crippen LogP contribution in [0, 0.1) is 4.91 Å². The average Bonchev–Trinajstić information content (AvgIpc) is 2.41. The molecule has 2 atom stereocenters. The predicted octanol–water partition coefficient (Wildman–Crippen LogP) is -10.8. The number of carbonyl (C=O) groups is 1. The number of nitrogens with one attached hydrogen (secondary N) is 1. The van der Waals surface area contributed by atoms with Crippen LogP contribution in [0.25, 0.3) is 0 Å². The van der Waals surface area contributed by atoms with E-state index in [2.05, 4.69) is 10.6 Å². The number of nitrogens with zero attached hydrogens (tertiary/aromatic N) is 2. The van der Waals surface area contributed by atoms with Gasteiger partial charge in [0.1, 0.15) is 0 Å². The second-order valence-electron chi connectivity index (χ2n) is 4.38. The van der Waals surface area contributed by atoms with E-state index in [0.29, 0.717) is 5.01 Å². The topological polar surface area (TPSA) is 206 Å². The van der Waals surface area contributed by atoms with Crippen LogP contribution >= 0.6 is 26.8 Å². The van der Waals surface area contributed by atoms with Crippen molar-refractivity contribution >= 4 is 32.8 Å². The first-order valence-corrected chi connectivity index (χ1v) is 9.79. The second-order valence-corrected chi connectivity index (χ2v) is 8.62. The number of carbonyl (C=O) groups excluding carboxylic acids is 1. The van der Waals surface area contributed by atoms with E-state index >= 15 is 0 Å². The number of nitroso groups, excluding NO2 is 1. The molecule has 0 saturated carbocycles. The average molecular weight is 464 g/mol. The largest absolute Gasteiger partial charge is 1.00 e. The number of alkyl halides is 1. The van der Waals surface area contributed by atoms with Gasteiger partial charge in [-0.15, -0.1) is 16.5 Å². The summed E-state index contributed by atoms with van der Waals surface area (Å²) in [6, 6.07) is -0.883. The van der Waals surface area contributed by atoms with E-state index < -0.39 is 32.7 Å². The van der Waals surface area contributed by atoms with Crippen molar-refractivity contribution in [1.82, 2.24) is 10.3 Å². The molecule has 2 amide bonds. The van der Waals surface area contributed by atoms with Gasteiger partial charge in [-0.25, -0.2) is 4.79 Å². The zero-order chi connectivity index (χ0) is 18.3. The van der Waals surface area contributed by atoms with E-state index in [1.807, 2.05) is 0 Å². The van der Waals surface area contributed by atoms with Crippen molar-refractivity contribution in [3.8, 4) is 0 Å². The fourth-order valence-electron chi connectivity index (χ4n) is 1.47. The van der Waals surface area contributed by atoms with Crippen molar-refractivity contribution in [2.45, 2.75) is 24.3 Å². The Labute approximate surface area is 221 Å². The van der Waals surface area contributed by atoms with Crippen molar-refractivity contribution in [3.05, 3.63) is 4.91 Å². The van der Waals surface area contributed by atoms with E-state index in [9.17, 15) is 38.6 Å². The van der Waals surface area contributed by atoms with Gasteiger partial charge in [-0.05, 0) is 26.9 Å². The number of urea groups is 1. The third kappa shape index (κ3) is 11.6. The second kappa shape index (κ2) is 16.2. The van der Waals surface area contributed by atoms with Crippen LogP contribution in [0.3, 0.4) is 0 Å². The van der Waals surface area contributed by atoms with Crippen LogP contribution in [0.15, 0.2) is 5.29 Å². The minimum Gasteiger partial charge on any atom is -0.808 e. The molecule has 0 saturated heterocycles. The summed E-state index contributed by atoms with van der Waals surface area (Å²) in [6.07, 6.45) is -1.45. The monoisotopic (exact) mass is 463 g/mol. The van der Waals surface area contributed by atoms with Gasteiger partial charge in [0.2, 0.25) is 0 Å². The van der Waals surface area contributed by atoms with Gasteiger partial charge in [-0.2, -0.15) is 5.01 Å². The van der Waals surface area contributed by atoms with Crippen LogP contribution < -0.4 is 109 Å². The third-order valence-corrected chi connectivity index (χ3v) is 6.63. The van der Waals surface area contributed by atoms with Crippen molar-refractivity contribution in [2.24, 2.45) is 5.29 Å². The maximum atomic E-state index is 11.4. The smallest absolute Gasteiger partial charge is 0.808 e. The minimum absolute atomic E-state index is 0. The van der Waals surface area contributed by atoms with Crippen LogP contribution in [-0.2, 0) is 9.13 Å².